The van der Waals surface area contributed by atoms with Gasteiger partial charge in [0.25, 0.3) is 0 Å². The predicted octanol–water partition coefficient (Wildman–Crippen LogP) is 3.45. The smallest absolute Gasteiger partial charge is 0.310 e. The van der Waals surface area contributed by atoms with Crippen LogP contribution in [0.3, 0.4) is 0 Å². The van der Waals surface area contributed by atoms with Gasteiger partial charge in [0.05, 0.1) is 5.41 Å². The molecule has 2 aliphatic rings. The van der Waals surface area contributed by atoms with E-state index in [1.165, 1.54) is 12.8 Å². The van der Waals surface area contributed by atoms with Gasteiger partial charge in [0.2, 0.25) is 5.91 Å². The number of amides is 1. The first kappa shape index (κ1) is 16.3. The summed E-state index contributed by atoms with van der Waals surface area (Å²) < 4.78 is 0. The maximum Gasteiger partial charge on any atom is 0.310 e. The topological polar surface area (TPSA) is 57.6 Å². The zero-order chi connectivity index (χ0) is 15.5. The lowest BCUT2D eigenvalue weighted by Gasteiger charge is -2.34. The van der Waals surface area contributed by atoms with Gasteiger partial charge in [-0.1, -0.05) is 39.5 Å². The number of carboxylic acids is 1. The molecule has 2 aliphatic carbocycles. The van der Waals surface area contributed by atoms with E-state index in [2.05, 4.69) is 13.8 Å². The second-order valence-electron chi connectivity index (χ2n) is 7.35. The van der Waals surface area contributed by atoms with E-state index < -0.39 is 11.4 Å². The molecule has 0 aromatic heterocycles. The largest absolute Gasteiger partial charge is 0.481 e. The highest BCUT2D eigenvalue weighted by molar-refractivity contribution is 5.85. The Morgan fingerprint density at radius 2 is 1.71 bits per heavy atom. The Morgan fingerprint density at radius 1 is 1.14 bits per heavy atom. The summed E-state index contributed by atoms with van der Waals surface area (Å²) in [4.78, 5) is 26.4. The van der Waals surface area contributed by atoms with Crippen molar-refractivity contribution < 1.29 is 14.7 Å². The zero-order valence-corrected chi connectivity index (χ0v) is 13.4. The SMILES string of the molecule is CC(C)CN(C(=O)CC1(C(=O)O)CCCC1)C1CCCC1. The summed E-state index contributed by atoms with van der Waals surface area (Å²) >= 11 is 0. The molecule has 4 nitrogen and oxygen atoms in total. The van der Waals surface area contributed by atoms with Crippen LogP contribution in [0.25, 0.3) is 0 Å². The number of carboxylic acid groups (broad SMARTS) is 1. The Hall–Kier alpha value is -1.06. The lowest BCUT2D eigenvalue weighted by Crippen LogP contribution is -2.44. The van der Waals surface area contributed by atoms with Crippen LogP contribution in [0.1, 0.15) is 71.6 Å². The van der Waals surface area contributed by atoms with Crippen molar-refractivity contribution in [2.45, 2.75) is 77.7 Å². The van der Waals surface area contributed by atoms with Crippen LogP contribution < -0.4 is 0 Å². The fourth-order valence-corrected chi connectivity index (χ4v) is 3.97. The molecule has 0 heterocycles. The molecule has 4 heteroatoms. The first-order valence-electron chi connectivity index (χ1n) is 8.47. The molecule has 0 bridgehead atoms. The Balaban J connectivity index is 2.08. The maximum atomic E-state index is 12.8. The third-order valence-electron chi connectivity index (χ3n) is 5.15. The second kappa shape index (κ2) is 6.80. The van der Waals surface area contributed by atoms with Gasteiger partial charge in [0.1, 0.15) is 0 Å². The summed E-state index contributed by atoms with van der Waals surface area (Å²) in [6, 6.07) is 0.340. The number of carbonyl (C=O) groups excluding carboxylic acids is 1. The van der Waals surface area contributed by atoms with Gasteiger partial charge in [-0.25, -0.2) is 0 Å². The van der Waals surface area contributed by atoms with E-state index in [0.717, 1.165) is 32.2 Å². The van der Waals surface area contributed by atoms with E-state index in [0.29, 0.717) is 24.8 Å². The van der Waals surface area contributed by atoms with Gasteiger partial charge in [0.15, 0.2) is 0 Å². The van der Waals surface area contributed by atoms with E-state index in [4.69, 9.17) is 0 Å². The Labute approximate surface area is 127 Å². The van der Waals surface area contributed by atoms with Gasteiger partial charge in [-0.05, 0) is 31.6 Å². The minimum absolute atomic E-state index is 0.0694. The van der Waals surface area contributed by atoms with Crippen LogP contribution >= 0.6 is 0 Å². The molecule has 1 amide bonds. The van der Waals surface area contributed by atoms with Crippen molar-refractivity contribution in [3.63, 3.8) is 0 Å². The fraction of sp³-hybridized carbons (Fsp3) is 0.882. The standard InChI is InChI=1S/C17H29NO3/c1-13(2)12-18(14-7-3-4-8-14)15(19)11-17(16(20)21)9-5-6-10-17/h13-14H,3-12H2,1-2H3,(H,20,21). The van der Waals surface area contributed by atoms with Crippen molar-refractivity contribution in [1.82, 2.24) is 4.90 Å². The number of aliphatic carboxylic acids is 1. The molecule has 2 rings (SSSR count). The Bertz CT molecular complexity index is 379. The monoisotopic (exact) mass is 295 g/mol. The average molecular weight is 295 g/mol. The third-order valence-corrected chi connectivity index (χ3v) is 5.15. The summed E-state index contributed by atoms with van der Waals surface area (Å²) in [6.07, 6.45) is 7.94. The average Bonchev–Trinajstić information content (AvgIpc) is 3.07. The molecule has 0 unspecified atom stereocenters. The van der Waals surface area contributed by atoms with E-state index in [1.54, 1.807) is 0 Å². The molecule has 0 radical (unpaired) electrons. The van der Waals surface area contributed by atoms with Crippen LogP contribution in [0.2, 0.25) is 0 Å². The summed E-state index contributed by atoms with van der Waals surface area (Å²) in [5, 5.41) is 9.57. The molecule has 0 aromatic rings. The van der Waals surface area contributed by atoms with Gasteiger partial charge in [0, 0.05) is 19.0 Å². The van der Waals surface area contributed by atoms with E-state index >= 15 is 0 Å². The van der Waals surface area contributed by atoms with Crippen LogP contribution in [-0.2, 0) is 9.59 Å². The van der Waals surface area contributed by atoms with Gasteiger partial charge in [-0.15, -0.1) is 0 Å². The first-order chi connectivity index (χ1) is 9.94. The highest BCUT2D eigenvalue weighted by Gasteiger charge is 2.44. The molecule has 0 spiro atoms. The number of nitrogens with zero attached hydrogens (tertiary/aromatic N) is 1. The summed E-state index contributed by atoms with van der Waals surface area (Å²) in [6.45, 7) is 5.01. The number of hydrogen-bond acceptors (Lipinski definition) is 2. The second-order valence-corrected chi connectivity index (χ2v) is 7.35. The van der Waals surface area contributed by atoms with Crippen molar-refractivity contribution >= 4 is 11.9 Å². The molecular formula is C17H29NO3. The van der Waals surface area contributed by atoms with Crippen molar-refractivity contribution in [3.8, 4) is 0 Å². The van der Waals surface area contributed by atoms with Crippen LogP contribution in [-0.4, -0.2) is 34.5 Å². The normalized spacial score (nSPS) is 21.9. The van der Waals surface area contributed by atoms with Gasteiger partial charge >= 0.3 is 5.97 Å². The van der Waals surface area contributed by atoms with Crippen molar-refractivity contribution in [2.24, 2.45) is 11.3 Å². The van der Waals surface area contributed by atoms with E-state index in [-0.39, 0.29) is 12.3 Å². The molecule has 21 heavy (non-hydrogen) atoms. The van der Waals surface area contributed by atoms with Crippen LogP contribution in [0.15, 0.2) is 0 Å². The van der Waals surface area contributed by atoms with E-state index in [1.807, 2.05) is 4.90 Å². The van der Waals surface area contributed by atoms with Gasteiger partial charge < -0.3 is 10.0 Å². The van der Waals surface area contributed by atoms with Gasteiger partial charge in [-0.3, -0.25) is 9.59 Å². The first-order valence-corrected chi connectivity index (χ1v) is 8.47. The van der Waals surface area contributed by atoms with Crippen LogP contribution in [0, 0.1) is 11.3 Å². The number of rotatable bonds is 6. The molecule has 2 fully saturated rings. The molecule has 0 aliphatic heterocycles. The summed E-state index contributed by atoms with van der Waals surface area (Å²) in [7, 11) is 0. The summed E-state index contributed by atoms with van der Waals surface area (Å²) in [5.41, 5.74) is -0.787. The maximum absolute atomic E-state index is 12.8. The van der Waals surface area contributed by atoms with Crippen molar-refractivity contribution in [1.29, 1.82) is 0 Å². The predicted molar refractivity (Wildman–Crippen MR) is 82.0 cm³/mol. The number of carbonyl (C=O) groups is 2. The zero-order valence-electron chi connectivity index (χ0n) is 13.4. The van der Waals surface area contributed by atoms with Gasteiger partial charge in [-0.2, -0.15) is 0 Å². The van der Waals surface area contributed by atoms with Crippen molar-refractivity contribution in [3.05, 3.63) is 0 Å². The Morgan fingerprint density at radius 3 is 2.19 bits per heavy atom. The van der Waals surface area contributed by atoms with Crippen molar-refractivity contribution in [2.75, 3.05) is 6.54 Å². The molecule has 0 saturated heterocycles. The van der Waals surface area contributed by atoms with Crippen LogP contribution in [0.5, 0.6) is 0 Å². The third kappa shape index (κ3) is 3.78. The molecule has 1 N–H and O–H groups in total. The lowest BCUT2D eigenvalue weighted by molar-refractivity contribution is -0.154. The molecule has 120 valence electrons. The summed E-state index contributed by atoms with van der Waals surface area (Å²) in [5.74, 6) is -0.275. The van der Waals surface area contributed by atoms with Crippen LogP contribution in [0.4, 0.5) is 0 Å². The molecule has 0 aromatic carbocycles. The minimum atomic E-state index is -0.787. The molecule has 0 atom stereocenters. The molecular weight excluding hydrogens is 266 g/mol. The lowest BCUT2D eigenvalue weighted by atomic mass is 9.82. The van der Waals surface area contributed by atoms with E-state index in [9.17, 15) is 14.7 Å². The number of hydrogen-bond donors (Lipinski definition) is 1. The molecule has 2 saturated carbocycles. The fourth-order valence-electron chi connectivity index (χ4n) is 3.97. The quantitative estimate of drug-likeness (QED) is 0.816. The minimum Gasteiger partial charge on any atom is -0.481 e. The highest BCUT2D eigenvalue weighted by atomic mass is 16.4. The Kier molecular flexibility index (Phi) is 5.28. The highest BCUT2D eigenvalue weighted by Crippen LogP contribution is 2.42.